The van der Waals surface area contributed by atoms with E-state index in [1.54, 1.807) is 12.6 Å². The van der Waals surface area contributed by atoms with Crippen LogP contribution in [0.15, 0.2) is 24.3 Å². The van der Waals surface area contributed by atoms with E-state index in [1.165, 1.54) is 19.0 Å². The van der Waals surface area contributed by atoms with Gasteiger partial charge in [0.25, 0.3) is 0 Å². The molecular weight excluding hydrogens is 302 g/mol. The molecule has 0 aromatic heterocycles. The Morgan fingerprint density at radius 1 is 1.24 bits per heavy atom. The second-order valence-corrected chi connectivity index (χ2v) is 7.74. The van der Waals surface area contributed by atoms with Crippen LogP contribution in [0.5, 0.6) is 5.75 Å². The van der Waals surface area contributed by atoms with Crippen LogP contribution in [-0.2, 0) is 0 Å². The molecule has 0 amide bonds. The average molecular weight is 334 g/mol. The van der Waals surface area contributed by atoms with Crippen molar-refractivity contribution in [3.05, 3.63) is 29.8 Å². The van der Waals surface area contributed by atoms with Gasteiger partial charge in [-0.05, 0) is 38.0 Å². The Balaban J connectivity index is 0. The van der Waals surface area contributed by atoms with Gasteiger partial charge in [-0.1, -0.05) is 55.0 Å². The van der Waals surface area contributed by atoms with Gasteiger partial charge in [0.2, 0.25) is 0 Å². The van der Waals surface area contributed by atoms with Crippen molar-refractivity contribution in [1.29, 1.82) is 0 Å². The fourth-order valence-electron chi connectivity index (χ4n) is 1.69. The average Bonchev–Trinajstić information content (AvgIpc) is 2.82. The molecule has 1 unspecified atom stereocenters. The molecule has 2 N–H and O–H groups in total. The van der Waals surface area contributed by atoms with Crippen molar-refractivity contribution >= 4 is 21.6 Å². The van der Waals surface area contributed by atoms with Crippen molar-refractivity contribution in [3.8, 4) is 5.75 Å². The molecule has 1 aliphatic rings. The number of hydroxylamine groups is 1. The molecule has 0 saturated carbocycles. The number of nitrogens with one attached hydrogen (secondary N) is 1. The SMILES string of the molecule is C.CC.CNO.COc1ccc(C2CC(C)(C)SS2)cc1. The largest absolute Gasteiger partial charge is 0.497 e. The van der Waals surface area contributed by atoms with Crippen LogP contribution in [-0.4, -0.2) is 24.1 Å². The molecule has 1 aromatic carbocycles. The Hall–Kier alpha value is -0.360. The highest BCUT2D eigenvalue weighted by Crippen LogP contribution is 2.57. The summed E-state index contributed by atoms with van der Waals surface area (Å²) in [5, 5.41) is 7.95. The van der Waals surface area contributed by atoms with Crippen LogP contribution in [0.25, 0.3) is 0 Å². The molecule has 0 aliphatic carbocycles. The maximum atomic E-state index is 7.32. The Morgan fingerprint density at radius 3 is 2.05 bits per heavy atom. The van der Waals surface area contributed by atoms with Crippen molar-refractivity contribution in [2.45, 2.75) is 51.5 Å². The summed E-state index contributed by atoms with van der Waals surface area (Å²) in [4.78, 5) is 0. The van der Waals surface area contributed by atoms with E-state index in [2.05, 4.69) is 26.0 Å². The molecule has 1 atom stereocenters. The van der Waals surface area contributed by atoms with Gasteiger partial charge < -0.3 is 9.94 Å². The molecule has 0 bridgehead atoms. The van der Waals surface area contributed by atoms with Crippen LogP contribution >= 0.6 is 21.6 Å². The summed E-state index contributed by atoms with van der Waals surface area (Å²) in [5.74, 6) is 0.939. The first-order valence-corrected chi connectivity index (χ1v) is 9.03. The summed E-state index contributed by atoms with van der Waals surface area (Å²) in [6.07, 6.45) is 1.24. The highest BCUT2D eigenvalue weighted by atomic mass is 33.1. The third-order valence-electron chi connectivity index (χ3n) is 2.55. The lowest BCUT2D eigenvalue weighted by atomic mass is 10.0. The summed E-state index contributed by atoms with van der Waals surface area (Å²) < 4.78 is 5.57. The van der Waals surface area contributed by atoms with Crippen LogP contribution in [0, 0.1) is 0 Å². The second kappa shape index (κ2) is 12.2. The molecule has 2 rings (SSSR count). The normalized spacial score (nSPS) is 18.3. The van der Waals surface area contributed by atoms with Gasteiger partial charge in [0.05, 0.1) is 7.11 Å². The molecule has 0 spiro atoms. The van der Waals surface area contributed by atoms with Crippen LogP contribution in [0.1, 0.15) is 52.4 Å². The van der Waals surface area contributed by atoms with Gasteiger partial charge in [0, 0.05) is 17.0 Å². The van der Waals surface area contributed by atoms with Crippen molar-refractivity contribution in [1.82, 2.24) is 5.48 Å². The molecule has 1 fully saturated rings. The molecule has 3 nitrogen and oxygen atoms in total. The highest BCUT2D eigenvalue weighted by Gasteiger charge is 2.33. The first-order valence-electron chi connectivity index (χ1n) is 6.81. The van der Waals surface area contributed by atoms with Crippen molar-refractivity contribution in [2.75, 3.05) is 14.2 Å². The zero-order valence-corrected chi connectivity index (χ0v) is 14.9. The van der Waals surface area contributed by atoms with Gasteiger partial charge in [-0.25, -0.2) is 5.48 Å². The summed E-state index contributed by atoms with van der Waals surface area (Å²) in [5.41, 5.74) is 3.17. The molecular formula is C16H31NO2S2. The van der Waals surface area contributed by atoms with Crippen LogP contribution in [0.3, 0.4) is 0 Å². The summed E-state index contributed by atoms with van der Waals surface area (Å²) in [7, 11) is 7.13. The minimum absolute atomic E-state index is 0. The maximum Gasteiger partial charge on any atom is 0.118 e. The lowest BCUT2D eigenvalue weighted by Crippen LogP contribution is -2.09. The summed E-state index contributed by atoms with van der Waals surface area (Å²) >= 11 is 0. The van der Waals surface area contributed by atoms with Crippen molar-refractivity contribution < 1.29 is 9.94 Å². The van der Waals surface area contributed by atoms with E-state index in [9.17, 15) is 0 Å². The number of benzene rings is 1. The van der Waals surface area contributed by atoms with Gasteiger partial charge in [-0.15, -0.1) is 0 Å². The van der Waals surface area contributed by atoms with E-state index >= 15 is 0 Å². The van der Waals surface area contributed by atoms with E-state index < -0.39 is 0 Å². The molecule has 5 heteroatoms. The van der Waals surface area contributed by atoms with Crippen LogP contribution in [0.4, 0.5) is 0 Å². The molecule has 0 radical (unpaired) electrons. The van der Waals surface area contributed by atoms with Gasteiger partial charge in [0.1, 0.15) is 5.75 Å². The van der Waals surface area contributed by atoms with E-state index in [0.717, 1.165) is 5.75 Å². The lowest BCUT2D eigenvalue weighted by molar-refractivity contribution is 0.194. The second-order valence-electron chi connectivity index (χ2n) is 4.63. The predicted molar refractivity (Wildman–Crippen MR) is 98.5 cm³/mol. The van der Waals surface area contributed by atoms with Gasteiger partial charge in [0.15, 0.2) is 0 Å². The quantitative estimate of drug-likeness (QED) is 0.548. The number of hydrogen-bond donors (Lipinski definition) is 2. The topological polar surface area (TPSA) is 41.5 Å². The highest BCUT2D eigenvalue weighted by molar-refractivity contribution is 8.77. The first-order chi connectivity index (χ1) is 9.52. The van der Waals surface area contributed by atoms with Gasteiger partial charge in [-0.3, -0.25) is 0 Å². The van der Waals surface area contributed by atoms with Crippen LogP contribution in [0.2, 0.25) is 0 Å². The Morgan fingerprint density at radius 2 is 1.71 bits per heavy atom. The van der Waals surface area contributed by atoms with E-state index in [0.29, 0.717) is 10.00 Å². The molecule has 1 aromatic rings. The third-order valence-corrected chi connectivity index (χ3v) is 6.28. The number of ether oxygens (including phenoxy) is 1. The molecule has 124 valence electrons. The smallest absolute Gasteiger partial charge is 0.118 e. The van der Waals surface area contributed by atoms with E-state index in [-0.39, 0.29) is 7.43 Å². The molecule has 1 saturated heterocycles. The fraction of sp³-hybridized carbons (Fsp3) is 0.625. The van der Waals surface area contributed by atoms with Crippen molar-refractivity contribution in [2.24, 2.45) is 0 Å². The molecule has 21 heavy (non-hydrogen) atoms. The van der Waals surface area contributed by atoms with E-state index in [4.69, 9.17) is 9.94 Å². The minimum Gasteiger partial charge on any atom is -0.497 e. The molecule has 1 heterocycles. The standard InChI is InChI=1S/C12H16OS2.C2H6.CH5NO.CH4/c1-12(2)8-11(14-15-12)9-4-6-10(13-3)7-5-9;1-2;1-2-3;/h4-7,11H,8H2,1-3H3;1-2H3;2-3H,1H3;1H4. The first kappa shape index (κ1) is 22.9. The Kier molecular flexibility index (Phi) is 13.3. The third kappa shape index (κ3) is 8.61. The molecule has 1 aliphatic heterocycles. The van der Waals surface area contributed by atoms with Crippen molar-refractivity contribution in [3.63, 3.8) is 0 Å². The summed E-state index contributed by atoms with van der Waals surface area (Å²) in [6, 6.07) is 8.45. The van der Waals surface area contributed by atoms with E-state index in [1.807, 2.05) is 47.6 Å². The monoisotopic (exact) mass is 333 g/mol. The Labute approximate surface area is 138 Å². The van der Waals surface area contributed by atoms with Gasteiger partial charge >= 0.3 is 0 Å². The zero-order valence-electron chi connectivity index (χ0n) is 13.3. The van der Waals surface area contributed by atoms with Crippen LogP contribution < -0.4 is 10.2 Å². The maximum absolute atomic E-state index is 7.32. The van der Waals surface area contributed by atoms with Gasteiger partial charge in [-0.2, -0.15) is 0 Å². The fourth-order valence-corrected chi connectivity index (χ4v) is 5.04. The number of methoxy groups -OCH3 is 1. The Bertz CT molecular complexity index is 356. The lowest BCUT2D eigenvalue weighted by Gasteiger charge is -2.14. The zero-order chi connectivity index (χ0) is 15.6. The number of hydrogen-bond acceptors (Lipinski definition) is 5. The summed E-state index contributed by atoms with van der Waals surface area (Å²) in [6.45, 7) is 8.63. The number of rotatable bonds is 2. The minimum atomic E-state index is 0. The predicted octanol–water partition coefficient (Wildman–Crippen LogP) is 5.56.